The first-order chi connectivity index (χ1) is 13.6. The Balaban J connectivity index is 1.89. The summed E-state index contributed by atoms with van der Waals surface area (Å²) in [7, 11) is 1.54. The minimum Gasteiger partial charge on any atom is -0.370 e. The van der Waals surface area contributed by atoms with Crippen molar-refractivity contribution in [3.63, 3.8) is 0 Å². The molecule has 28 heavy (non-hydrogen) atoms. The van der Waals surface area contributed by atoms with Crippen molar-refractivity contribution in [1.82, 2.24) is 14.7 Å². The van der Waals surface area contributed by atoms with Gasteiger partial charge in [-0.05, 0) is 18.2 Å². The van der Waals surface area contributed by atoms with Crippen LogP contribution in [0.15, 0.2) is 35.3 Å². The largest absolute Gasteiger partial charge is 0.370 e. The standard InChI is InChI=1S/C19H22N6O3/c1-21-18(26)13-12-14-17(22-15-4-2-3-5-24(15)19(14)27)25(16(13)20)7-6-23-8-10-28-11-9-23/h2-5,12,20H,6-11H2,1H3,(H,21,26)/p+2. The smallest absolute Gasteiger partial charge is 0.278 e. The number of hydrogen-bond acceptors (Lipinski definition) is 5. The molecule has 146 valence electrons. The van der Waals surface area contributed by atoms with Crippen LogP contribution < -0.4 is 26.1 Å². The molecule has 0 unspecified atom stereocenters. The Labute approximate surface area is 161 Å². The number of carbonyl (C=O) groups excluding carboxylic acids is 1. The number of morpholine rings is 1. The van der Waals surface area contributed by atoms with Crippen LogP contribution in [0, 0.1) is 0 Å². The van der Waals surface area contributed by atoms with Gasteiger partial charge < -0.3 is 20.7 Å². The quantitative estimate of drug-likeness (QED) is 0.356. The van der Waals surface area contributed by atoms with Crippen LogP contribution in [0.2, 0.25) is 0 Å². The van der Waals surface area contributed by atoms with E-state index in [9.17, 15) is 9.59 Å². The molecule has 4 N–H and O–H groups in total. The topological polar surface area (TPSA) is 107 Å². The number of fused-ring (bicyclic) bond motifs is 2. The van der Waals surface area contributed by atoms with E-state index >= 15 is 0 Å². The van der Waals surface area contributed by atoms with Crippen LogP contribution in [0.1, 0.15) is 10.4 Å². The summed E-state index contributed by atoms with van der Waals surface area (Å²) in [5.41, 5.74) is 7.45. The van der Waals surface area contributed by atoms with Gasteiger partial charge in [-0.1, -0.05) is 11.1 Å². The zero-order valence-electron chi connectivity index (χ0n) is 15.8. The summed E-state index contributed by atoms with van der Waals surface area (Å²) in [5.74, 6) is -0.0175. The lowest BCUT2D eigenvalue weighted by Gasteiger charge is -2.23. The van der Waals surface area contributed by atoms with Crippen molar-refractivity contribution in [2.75, 3.05) is 45.6 Å². The van der Waals surface area contributed by atoms with E-state index in [4.69, 9.17) is 10.5 Å². The molecule has 1 aliphatic rings. The van der Waals surface area contributed by atoms with E-state index in [2.05, 4.69) is 10.3 Å². The molecule has 0 atom stereocenters. The first kappa shape index (κ1) is 18.3. The number of anilines is 1. The van der Waals surface area contributed by atoms with Crippen LogP contribution in [0.5, 0.6) is 0 Å². The van der Waals surface area contributed by atoms with E-state index in [1.807, 2.05) is 6.07 Å². The number of amides is 1. The lowest BCUT2D eigenvalue weighted by Crippen LogP contribution is -3.14. The molecule has 0 saturated carbocycles. The molecule has 0 spiro atoms. The molecular weight excluding hydrogens is 360 g/mol. The molecule has 0 bridgehead atoms. The van der Waals surface area contributed by atoms with E-state index in [0.29, 0.717) is 29.0 Å². The first-order valence-electron chi connectivity index (χ1n) is 9.37. The predicted molar refractivity (Wildman–Crippen MR) is 103 cm³/mol. The molecule has 0 radical (unpaired) electrons. The fourth-order valence-electron chi connectivity index (χ4n) is 3.62. The molecule has 9 nitrogen and oxygen atoms in total. The molecule has 0 aromatic carbocycles. The minimum atomic E-state index is -0.329. The highest BCUT2D eigenvalue weighted by Crippen LogP contribution is 2.14. The Morgan fingerprint density at radius 1 is 1.39 bits per heavy atom. The lowest BCUT2D eigenvalue weighted by atomic mass is 10.1. The maximum Gasteiger partial charge on any atom is 0.278 e. The zero-order valence-corrected chi connectivity index (χ0v) is 15.8. The molecular formula is C19H24N6O3+2. The molecule has 4 heterocycles. The number of carbonyl (C=O) groups is 1. The van der Waals surface area contributed by atoms with Crippen molar-refractivity contribution >= 4 is 28.4 Å². The van der Waals surface area contributed by atoms with Gasteiger partial charge in [0.25, 0.3) is 17.1 Å². The second-order valence-electron chi connectivity index (χ2n) is 6.87. The summed E-state index contributed by atoms with van der Waals surface area (Å²) in [6.45, 7) is 4.68. The van der Waals surface area contributed by atoms with Crippen LogP contribution in [-0.2, 0) is 11.3 Å². The highest BCUT2D eigenvalue weighted by Gasteiger charge is 2.25. The third-order valence-corrected chi connectivity index (χ3v) is 5.22. The molecule has 1 aliphatic heterocycles. The molecule has 9 heteroatoms. The number of nitrogen functional groups attached to an aromatic ring is 1. The SMILES string of the molecule is CNC(=O)c1cc2c(=O)n3ccccc3nc2[n+](CC[NH+]2CCOCC2)c1N. The monoisotopic (exact) mass is 384 g/mol. The number of rotatable bonds is 4. The van der Waals surface area contributed by atoms with Crippen molar-refractivity contribution in [1.29, 1.82) is 0 Å². The number of nitrogens with zero attached hydrogens (tertiary/aromatic N) is 3. The zero-order chi connectivity index (χ0) is 19.7. The van der Waals surface area contributed by atoms with Gasteiger partial charge in [0.1, 0.15) is 37.1 Å². The van der Waals surface area contributed by atoms with Gasteiger partial charge in [0.15, 0.2) is 0 Å². The lowest BCUT2D eigenvalue weighted by molar-refractivity contribution is -0.923. The Hall–Kier alpha value is -3.04. The van der Waals surface area contributed by atoms with Gasteiger partial charge in [-0.25, -0.2) is 4.57 Å². The third kappa shape index (κ3) is 3.19. The van der Waals surface area contributed by atoms with E-state index in [0.717, 1.165) is 32.8 Å². The van der Waals surface area contributed by atoms with Gasteiger partial charge in [-0.2, -0.15) is 0 Å². The first-order valence-corrected chi connectivity index (χ1v) is 9.37. The van der Waals surface area contributed by atoms with Gasteiger partial charge >= 0.3 is 0 Å². The number of nitrogens with two attached hydrogens (primary N) is 1. The number of quaternary nitrogens is 1. The fraction of sp³-hybridized carbons (Fsp3) is 0.368. The predicted octanol–water partition coefficient (Wildman–Crippen LogP) is -2.01. The van der Waals surface area contributed by atoms with Gasteiger partial charge in [-0.3, -0.25) is 14.0 Å². The highest BCUT2D eigenvalue weighted by atomic mass is 16.5. The van der Waals surface area contributed by atoms with Gasteiger partial charge in [0, 0.05) is 13.2 Å². The van der Waals surface area contributed by atoms with Crippen LogP contribution in [0.3, 0.4) is 0 Å². The van der Waals surface area contributed by atoms with Crippen LogP contribution >= 0.6 is 0 Å². The molecule has 3 aromatic heterocycles. The summed E-state index contributed by atoms with van der Waals surface area (Å²) in [6.07, 6.45) is 1.67. The Bertz CT molecular complexity index is 1100. The minimum absolute atomic E-state index is 0.224. The summed E-state index contributed by atoms with van der Waals surface area (Å²) >= 11 is 0. The molecule has 1 fully saturated rings. The molecule has 1 saturated heterocycles. The van der Waals surface area contributed by atoms with Crippen molar-refractivity contribution in [3.8, 4) is 0 Å². The second kappa shape index (κ2) is 7.53. The molecule has 0 aliphatic carbocycles. The summed E-state index contributed by atoms with van der Waals surface area (Å²) in [4.78, 5) is 31.5. The van der Waals surface area contributed by atoms with Crippen molar-refractivity contribution < 1.29 is 19.0 Å². The van der Waals surface area contributed by atoms with Gasteiger partial charge in [0.05, 0.1) is 13.2 Å². The average molecular weight is 384 g/mol. The van der Waals surface area contributed by atoms with Crippen LogP contribution in [-0.4, -0.2) is 55.2 Å². The van der Waals surface area contributed by atoms with Gasteiger partial charge in [0.2, 0.25) is 11.5 Å². The third-order valence-electron chi connectivity index (χ3n) is 5.22. The number of aromatic nitrogens is 3. The summed E-state index contributed by atoms with van der Waals surface area (Å²) in [5, 5.41) is 2.96. The van der Waals surface area contributed by atoms with E-state index in [-0.39, 0.29) is 17.0 Å². The summed E-state index contributed by atoms with van der Waals surface area (Å²) in [6, 6.07) is 6.92. The van der Waals surface area contributed by atoms with E-state index in [1.54, 1.807) is 29.9 Å². The van der Waals surface area contributed by atoms with E-state index < -0.39 is 0 Å². The average Bonchev–Trinajstić information content (AvgIpc) is 2.73. The molecule has 1 amide bonds. The van der Waals surface area contributed by atoms with Crippen molar-refractivity contribution in [3.05, 3.63) is 46.4 Å². The van der Waals surface area contributed by atoms with Crippen LogP contribution in [0.25, 0.3) is 16.7 Å². The highest BCUT2D eigenvalue weighted by molar-refractivity contribution is 6.00. The fourth-order valence-corrected chi connectivity index (χ4v) is 3.62. The van der Waals surface area contributed by atoms with Crippen LogP contribution in [0.4, 0.5) is 5.82 Å². The number of ether oxygens (including phenoxy) is 1. The molecule has 3 aromatic rings. The Morgan fingerprint density at radius 2 is 2.18 bits per heavy atom. The Kier molecular flexibility index (Phi) is 4.93. The number of nitrogens with one attached hydrogen (secondary N) is 2. The maximum atomic E-state index is 13.0. The normalized spacial score (nSPS) is 15.2. The second-order valence-corrected chi connectivity index (χ2v) is 6.87. The maximum absolute atomic E-state index is 13.0. The Morgan fingerprint density at radius 3 is 2.93 bits per heavy atom. The summed E-state index contributed by atoms with van der Waals surface area (Å²) < 4.78 is 8.68. The number of pyridine rings is 2. The van der Waals surface area contributed by atoms with Gasteiger partial charge in [-0.15, -0.1) is 0 Å². The van der Waals surface area contributed by atoms with Crippen molar-refractivity contribution in [2.24, 2.45) is 0 Å². The van der Waals surface area contributed by atoms with Crippen molar-refractivity contribution in [2.45, 2.75) is 6.54 Å². The van der Waals surface area contributed by atoms with E-state index in [1.165, 1.54) is 15.4 Å². The number of hydrogen-bond donors (Lipinski definition) is 3. The molecule has 4 rings (SSSR count).